The van der Waals surface area contributed by atoms with Crippen molar-refractivity contribution in [3.8, 4) is 0 Å². The maximum Gasteiger partial charge on any atom is 0.321 e. The van der Waals surface area contributed by atoms with Crippen LogP contribution >= 0.6 is 11.3 Å². The number of thiophene rings is 1. The van der Waals surface area contributed by atoms with Crippen molar-refractivity contribution in [3.05, 3.63) is 27.2 Å². The van der Waals surface area contributed by atoms with Crippen LogP contribution in [-0.4, -0.2) is 10.1 Å². The summed E-state index contributed by atoms with van der Waals surface area (Å²) in [4.78, 5) is 6.70. The first-order chi connectivity index (χ1) is 7.15. The third kappa shape index (κ3) is 2.36. The van der Waals surface area contributed by atoms with E-state index in [1.807, 2.05) is 0 Å². The molecule has 15 heavy (non-hydrogen) atoms. The molecule has 2 heterocycles. The molecule has 0 aromatic carbocycles. The van der Waals surface area contributed by atoms with E-state index in [2.05, 4.69) is 35.4 Å². The summed E-state index contributed by atoms with van der Waals surface area (Å²) in [6, 6.07) is 2.66. The zero-order valence-corrected chi connectivity index (χ0v) is 9.81. The fourth-order valence-corrected chi connectivity index (χ4v) is 2.26. The smallest absolute Gasteiger partial charge is 0.321 e. The largest absolute Gasteiger partial charge is 0.333 e. The number of nitrogens with one attached hydrogen (secondary N) is 1. The zero-order chi connectivity index (χ0) is 10.8. The van der Waals surface area contributed by atoms with Gasteiger partial charge in [0.25, 0.3) is 0 Å². The Labute approximate surface area is 92.3 Å². The highest BCUT2D eigenvalue weighted by atomic mass is 32.1. The second-order valence-electron chi connectivity index (χ2n) is 3.45. The molecular weight excluding hydrogens is 210 g/mol. The number of hydrogen-bond acceptors (Lipinski definition) is 5. The number of anilines is 1. The molecule has 0 saturated heterocycles. The van der Waals surface area contributed by atoms with Gasteiger partial charge in [-0.3, -0.25) is 0 Å². The molecule has 2 aromatic rings. The highest BCUT2D eigenvalue weighted by Gasteiger charge is 2.04. The predicted molar refractivity (Wildman–Crippen MR) is 60.2 cm³/mol. The van der Waals surface area contributed by atoms with Crippen LogP contribution in [0.2, 0.25) is 0 Å². The summed E-state index contributed by atoms with van der Waals surface area (Å²) in [5.74, 6) is 0.649. The summed E-state index contributed by atoms with van der Waals surface area (Å²) in [7, 11) is 0. The SMILES string of the molecule is Cc1noc(NCc2cc(C)c(C)s2)n1. The van der Waals surface area contributed by atoms with Crippen molar-refractivity contribution < 1.29 is 4.52 Å². The van der Waals surface area contributed by atoms with Gasteiger partial charge in [-0.05, 0) is 32.4 Å². The van der Waals surface area contributed by atoms with Crippen molar-refractivity contribution in [2.45, 2.75) is 27.3 Å². The van der Waals surface area contributed by atoms with E-state index in [0.717, 1.165) is 6.54 Å². The summed E-state index contributed by atoms with van der Waals surface area (Å²) in [5.41, 5.74) is 1.33. The molecule has 0 aliphatic rings. The Bertz CT molecular complexity index is 441. The highest BCUT2D eigenvalue weighted by Crippen LogP contribution is 2.21. The van der Waals surface area contributed by atoms with Crippen LogP contribution in [-0.2, 0) is 6.54 Å². The lowest BCUT2D eigenvalue weighted by Gasteiger charge is -1.96. The van der Waals surface area contributed by atoms with Crippen LogP contribution in [0.4, 0.5) is 6.01 Å². The van der Waals surface area contributed by atoms with Gasteiger partial charge in [-0.15, -0.1) is 11.3 Å². The summed E-state index contributed by atoms with van der Waals surface area (Å²) in [6.45, 7) is 6.78. The first-order valence-corrected chi connectivity index (χ1v) is 5.57. The van der Waals surface area contributed by atoms with Gasteiger partial charge < -0.3 is 9.84 Å². The van der Waals surface area contributed by atoms with Crippen LogP contribution < -0.4 is 5.32 Å². The molecule has 0 amide bonds. The Morgan fingerprint density at radius 3 is 2.73 bits per heavy atom. The standard InChI is InChI=1S/C10H13N3OS/c1-6-4-9(15-7(6)2)5-11-10-12-8(3)13-14-10/h4H,5H2,1-3H3,(H,11,12,13). The molecule has 0 aliphatic heterocycles. The van der Waals surface area contributed by atoms with E-state index in [4.69, 9.17) is 4.52 Å². The maximum absolute atomic E-state index is 4.96. The predicted octanol–water partition coefficient (Wildman–Crippen LogP) is 2.67. The second-order valence-corrected chi connectivity index (χ2v) is 4.79. The van der Waals surface area contributed by atoms with Crippen molar-refractivity contribution in [3.63, 3.8) is 0 Å². The van der Waals surface area contributed by atoms with Gasteiger partial charge in [-0.1, -0.05) is 5.16 Å². The Kier molecular flexibility index (Phi) is 2.73. The quantitative estimate of drug-likeness (QED) is 0.869. The Hall–Kier alpha value is -1.36. The van der Waals surface area contributed by atoms with Crippen molar-refractivity contribution in [2.24, 2.45) is 0 Å². The molecular formula is C10H13N3OS. The molecule has 0 fully saturated rings. The number of rotatable bonds is 3. The summed E-state index contributed by atoms with van der Waals surface area (Å²) < 4.78 is 4.96. The van der Waals surface area contributed by atoms with Gasteiger partial charge in [0.2, 0.25) is 0 Å². The molecule has 4 nitrogen and oxygen atoms in total. The molecule has 0 bridgehead atoms. The minimum atomic E-state index is 0.483. The third-order valence-corrected chi connectivity index (χ3v) is 3.31. The van der Waals surface area contributed by atoms with Crippen molar-refractivity contribution in [1.29, 1.82) is 0 Å². The number of aryl methyl sites for hydroxylation is 3. The van der Waals surface area contributed by atoms with Crippen LogP contribution in [0.15, 0.2) is 10.6 Å². The Morgan fingerprint density at radius 1 is 1.40 bits per heavy atom. The topological polar surface area (TPSA) is 51.0 Å². The fourth-order valence-electron chi connectivity index (χ4n) is 1.27. The molecule has 2 rings (SSSR count). The third-order valence-electron chi connectivity index (χ3n) is 2.16. The van der Waals surface area contributed by atoms with E-state index >= 15 is 0 Å². The molecule has 0 aliphatic carbocycles. The van der Waals surface area contributed by atoms with Crippen LogP contribution in [0.5, 0.6) is 0 Å². The minimum absolute atomic E-state index is 0.483. The van der Waals surface area contributed by atoms with Crippen LogP contribution in [0.25, 0.3) is 0 Å². The zero-order valence-electron chi connectivity index (χ0n) is 9.00. The number of aromatic nitrogens is 2. The lowest BCUT2D eigenvalue weighted by molar-refractivity contribution is 0.425. The maximum atomic E-state index is 4.96. The van der Waals surface area contributed by atoms with E-state index in [-0.39, 0.29) is 0 Å². The Balaban J connectivity index is 1.99. The van der Waals surface area contributed by atoms with E-state index in [1.54, 1.807) is 18.3 Å². The molecule has 5 heteroatoms. The first kappa shape index (κ1) is 10.2. The van der Waals surface area contributed by atoms with Gasteiger partial charge >= 0.3 is 6.01 Å². The average molecular weight is 223 g/mol. The molecule has 0 radical (unpaired) electrons. The summed E-state index contributed by atoms with van der Waals surface area (Å²) in [6.07, 6.45) is 0. The van der Waals surface area contributed by atoms with Crippen molar-refractivity contribution in [2.75, 3.05) is 5.32 Å². The van der Waals surface area contributed by atoms with Crippen molar-refractivity contribution in [1.82, 2.24) is 10.1 Å². The van der Waals surface area contributed by atoms with Gasteiger partial charge in [0, 0.05) is 9.75 Å². The molecule has 0 spiro atoms. The van der Waals surface area contributed by atoms with E-state index in [1.165, 1.54) is 15.3 Å². The lowest BCUT2D eigenvalue weighted by Crippen LogP contribution is -1.97. The van der Waals surface area contributed by atoms with Gasteiger partial charge in [0.15, 0.2) is 5.82 Å². The second kappa shape index (κ2) is 4.02. The molecule has 0 saturated carbocycles. The number of hydrogen-bond donors (Lipinski definition) is 1. The van der Waals surface area contributed by atoms with Crippen LogP contribution in [0.1, 0.15) is 21.1 Å². The average Bonchev–Trinajstić information content (AvgIpc) is 2.72. The van der Waals surface area contributed by atoms with Gasteiger partial charge in [0.1, 0.15) is 0 Å². The molecule has 80 valence electrons. The van der Waals surface area contributed by atoms with E-state index in [0.29, 0.717) is 11.8 Å². The number of nitrogens with zero attached hydrogens (tertiary/aromatic N) is 2. The molecule has 0 unspecified atom stereocenters. The molecule has 0 atom stereocenters. The van der Waals surface area contributed by atoms with Gasteiger partial charge in [0.05, 0.1) is 6.54 Å². The molecule has 1 N–H and O–H groups in total. The normalized spacial score (nSPS) is 10.6. The highest BCUT2D eigenvalue weighted by molar-refractivity contribution is 7.12. The van der Waals surface area contributed by atoms with Gasteiger partial charge in [-0.25, -0.2) is 0 Å². The Morgan fingerprint density at radius 2 is 2.20 bits per heavy atom. The van der Waals surface area contributed by atoms with Crippen LogP contribution in [0, 0.1) is 20.8 Å². The first-order valence-electron chi connectivity index (χ1n) is 4.75. The van der Waals surface area contributed by atoms with E-state index < -0.39 is 0 Å². The lowest BCUT2D eigenvalue weighted by atomic mass is 10.3. The summed E-state index contributed by atoms with van der Waals surface area (Å²) in [5, 5.41) is 6.80. The van der Waals surface area contributed by atoms with Crippen LogP contribution in [0.3, 0.4) is 0 Å². The minimum Gasteiger partial charge on any atom is -0.333 e. The molecule has 2 aromatic heterocycles. The van der Waals surface area contributed by atoms with Gasteiger partial charge in [-0.2, -0.15) is 4.98 Å². The summed E-state index contributed by atoms with van der Waals surface area (Å²) >= 11 is 1.79. The van der Waals surface area contributed by atoms with Crippen molar-refractivity contribution >= 4 is 17.4 Å². The fraction of sp³-hybridized carbons (Fsp3) is 0.400. The van der Waals surface area contributed by atoms with E-state index in [9.17, 15) is 0 Å². The monoisotopic (exact) mass is 223 g/mol.